The number of rotatable bonds is 3. The smallest absolute Gasteiger partial charge is 0.131 e. The molecule has 1 aromatic heterocycles. The average molecular weight is 243 g/mol. The van der Waals surface area contributed by atoms with Crippen LogP contribution in [0, 0.1) is 0 Å². The number of hydrogen-bond acceptors (Lipinski definition) is 3. The number of nitrogens with zero attached hydrogens (tertiary/aromatic N) is 1. The van der Waals surface area contributed by atoms with Crippen molar-refractivity contribution < 1.29 is 5.11 Å². The van der Waals surface area contributed by atoms with Gasteiger partial charge in [0.25, 0.3) is 0 Å². The van der Waals surface area contributed by atoms with Crippen LogP contribution in [0.15, 0.2) is 16.7 Å². The van der Waals surface area contributed by atoms with Gasteiger partial charge >= 0.3 is 0 Å². The fourth-order valence-electron chi connectivity index (χ4n) is 1.15. The van der Waals surface area contributed by atoms with Crippen LogP contribution < -0.4 is 5.32 Å². The molecule has 0 aliphatic heterocycles. The highest BCUT2D eigenvalue weighted by Crippen LogP contribution is 2.26. The summed E-state index contributed by atoms with van der Waals surface area (Å²) in [6.45, 7) is 0.0293. The fraction of sp³-hybridized carbons (Fsp3) is 0.444. The molecule has 0 aromatic carbocycles. The van der Waals surface area contributed by atoms with Crippen molar-refractivity contribution in [2.24, 2.45) is 0 Å². The molecule has 70 valence electrons. The summed E-state index contributed by atoms with van der Waals surface area (Å²) in [6, 6.07) is 2.46. The van der Waals surface area contributed by atoms with E-state index in [4.69, 9.17) is 5.11 Å². The Morgan fingerprint density at radius 2 is 2.38 bits per heavy atom. The maximum absolute atomic E-state index is 9.08. The van der Waals surface area contributed by atoms with Gasteiger partial charge in [-0.05, 0) is 34.8 Å². The first kappa shape index (κ1) is 8.97. The SMILES string of the molecule is OCc1cc(Br)cnc1NC1CC1. The molecule has 1 aliphatic carbocycles. The number of anilines is 1. The number of aliphatic hydroxyl groups is 1. The Balaban J connectivity index is 2.21. The third kappa shape index (κ3) is 2.19. The molecule has 0 saturated heterocycles. The molecule has 0 bridgehead atoms. The lowest BCUT2D eigenvalue weighted by Gasteiger charge is -2.08. The van der Waals surface area contributed by atoms with Crippen LogP contribution in [0.1, 0.15) is 18.4 Å². The van der Waals surface area contributed by atoms with E-state index in [1.807, 2.05) is 6.07 Å². The van der Waals surface area contributed by atoms with Gasteiger partial charge < -0.3 is 10.4 Å². The predicted octanol–water partition coefficient (Wildman–Crippen LogP) is 1.91. The summed E-state index contributed by atoms with van der Waals surface area (Å²) in [6.07, 6.45) is 4.16. The molecule has 0 amide bonds. The van der Waals surface area contributed by atoms with E-state index in [9.17, 15) is 0 Å². The van der Waals surface area contributed by atoms with Crippen LogP contribution in [-0.2, 0) is 6.61 Å². The minimum Gasteiger partial charge on any atom is -0.392 e. The third-order valence-corrected chi connectivity index (χ3v) is 2.46. The molecule has 1 saturated carbocycles. The van der Waals surface area contributed by atoms with Crippen molar-refractivity contribution in [1.82, 2.24) is 4.98 Å². The first-order valence-electron chi connectivity index (χ1n) is 4.31. The first-order valence-corrected chi connectivity index (χ1v) is 5.10. The summed E-state index contributed by atoms with van der Waals surface area (Å²) in [5, 5.41) is 12.3. The van der Waals surface area contributed by atoms with Crippen molar-refractivity contribution >= 4 is 21.7 Å². The van der Waals surface area contributed by atoms with Crippen LogP contribution in [0.3, 0.4) is 0 Å². The Labute approximate surface area is 85.3 Å². The lowest BCUT2D eigenvalue weighted by Crippen LogP contribution is -2.06. The lowest BCUT2D eigenvalue weighted by atomic mass is 10.2. The predicted molar refractivity (Wildman–Crippen MR) is 54.5 cm³/mol. The second kappa shape index (κ2) is 3.64. The third-order valence-electron chi connectivity index (χ3n) is 2.02. The Hall–Kier alpha value is -0.610. The minimum absolute atomic E-state index is 0.0293. The summed E-state index contributed by atoms with van der Waals surface area (Å²) < 4.78 is 0.901. The zero-order valence-electron chi connectivity index (χ0n) is 7.13. The number of halogens is 1. The molecular formula is C9H11BrN2O. The highest BCUT2D eigenvalue weighted by atomic mass is 79.9. The molecule has 0 atom stereocenters. The van der Waals surface area contributed by atoms with Gasteiger partial charge in [-0.3, -0.25) is 0 Å². The molecule has 1 heterocycles. The minimum atomic E-state index is 0.0293. The quantitative estimate of drug-likeness (QED) is 0.852. The van der Waals surface area contributed by atoms with Gasteiger partial charge in [0.1, 0.15) is 5.82 Å². The standard InChI is InChI=1S/C9H11BrN2O/c10-7-3-6(5-13)9(11-4-7)12-8-1-2-8/h3-4,8,13H,1-2,5H2,(H,11,12). The normalized spacial score (nSPS) is 15.8. The summed E-state index contributed by atoms with van der Waals surface area (Å²) in [4.78, 5) is 4.21. The van der Waals surface area contributed by atoms with Crippen molar-refractivity contribution in [2.75, 3.05) is 5.32 Å². The zero-order valence-corrected chi connectivity index (χ0v) is 8.71. The van der Waals surface area contributed by atoms with Gasteiger partial charge in [0.05, 0.1) is 6.61 Å². The Morgan fingerprint density at radius 3 is 3.00 bits per heavy atom. The number of hydrogen-bond donors (Lipinski definition) is 2. The van der Waals surface area contributed by atoms with Gasteiger partial charge in [-0.15, -0.1) is 0 Å². The monoisotopic (exact) mass is 242 g/mol. The van der Waals surface area contributed by atoms with Crippen molar-refractivity contribution in [3.05, 3.63) is 22.3 Å². The van der Waals surface area contributed by atoms with E-state index in [0.717, 1.165) is 15.9 Å². The lowest BCUT2D eigenvalue weighted by molar-refractivity contribution is 0.282. The highest BCUT2D eigenvalue weighted by Gasteiger charge is 2.22. The molecular weight excluding hydrogens is 232 g/mol. The van der Waals surface area contributed by atoms with E-state index in [1.54, 1.807) is 6.20 Å². The maximum Gasteiger partial charge on any atom is 0.131 e. The van der Waals surface area contributed by atoms with Crippen LogP contribution >= 0.6 is 15.9 Å². The molecule has 4 heteroatoms. The second-order valence-corrected chi connectivity index (χ2v) is 4.15. The van der Waals surface area contributed by atoms with Crippen molar-refractivity contribution in [3.8, 4) is 0 Å². The van der Waals surface area contributed by atoms with Gasteiger partial charge in [0.2, 0.25) is 0 Å². The van der Waals surface area contributed by atoms with Gasteiger partial charge in [0, 0.05) is 22.3 Å². The zero-order chi connectivity index (χ0) is 9.26. The van der Waals surface area contributed by atoms with Crippen molar-refractivity contribution in [3.63, 3.8) is 0 Å². The molecule has 1 fully saturated rings. The Bertz CT molecular complexity index is 312. The molecule has 1 aliphatic rings. The van der Waals surface area contributed by atoms with Crippen molar-refractivity contribution in [2.45, 2.75) is 25.5 Å². The Morgan fingerprint density at radius 1 is 1.62 bits per heavy atom. The first-order chi connectivity index (χ1) is 6.29. The van der Waals surface area contributed by atoms with E-state index < -0.39 is 0 Å². The van der Waals surface area contributed by atoms with Gasteiger partial charge in [-0.1, -0.05) is 0 Å². The molecule has 3 nitrogen and oxygen atoms in total. The van der Waals surface area contributed by atoms with Crippen LogP contribution in [0.4, 0.5) is 5.82 Å². The van der Waals surface area contributed by atoms with E-state index in [0.29, 0.717) is 6.04 Å². The van der Waals surface area contributed by atoms with Crippen LogP contribution in [0.25, 0.3) is 0 Å². The van der Waals surface area contributed by atoms with Crippen LogP contribution in [0.2, 0.25) is 0 Å². The second-order valence-electron chi connectivity index (χ2n) is 3.24. The van der Waals surface area contributed by atoms with Crippen LogP contribution in [-0.4, -0.2) is 16.1 Å². The van der Waals surface area contributed by atoms with E-state index in [1.165, 1.54) is 12.8 Å². The number of pyridine rings is 1. The van der Waals surface area contributed by atoms with Crippen molar-refractivity contribution in [1.29, 1.82) is 0 Å². The maximum atomic E-state index is 9.08. The molecule has 13 heavy (non-hydrogen) atoms. The summed E-state index contributed by atoms with van der Waals surface area (Å²) in [5.74, 6) is 0.813. The van der Waals surface area contributed by atoms with Gasteiger partial charge in [0.15, 0.2) is 0 Å². The summed E-state index contributed by atoms with van der Waals surface area (Å²) >= 11 is 3.32. The van der Waals surface area contributed by atoms with E-state index in [-0.39, 0.29) is 6.61 Å². The van der Waals surface area contributed by atoms with Crippen LogP contribution in [0.5, 0.6) is 0 Å². The molecule has 1 aromatic rings. The number of nitrogens with one attached hydrogen (secondary N) is 1. The number of aliphatic hydroxyl groups excluding tert-OH is 1. The Kier molecular flexibility index (Phi) is 2.51. The summed E-state index contributed by atoms with van der Waals surface area (Å²) in [7, 11) is 0. The topological polar surface area (TPSA) is 45.2 Å². The number of aromatic nitrogens is 1. The molecule has 2 rings (SSSR count). The van der Waals surface area contributed by atoms with E-state index in [2.05, 4.69) is 26.2 Å². The molecule has 0 unspecified atom stereocenters. The summed E-state index contributed by atoms with van der Waals surface area (Å²) in [5.41, 5.74) is 0.848. The van der Waals surface area contributed by atoms with E-state index >= 15 is 0 Å². The molecule has 0 radical (unpaired) electrons. The van der Waals surface area contributed by atoms with Gasteiger partial charge in [-0.25, -0.2) is 4.98 Å². The molecule has 0 spiro atoms. The molecule has 2 N–H and O–H groups in total. The largest absolute Gasteiger partial charge is 0.392 e. The average Bonchev–Trinajstić information content (AvgIpc) is 2.92. The van der Waals surface area contributed by atoms with Gasteiger partial charge in [-0.2, -0.15) is 0 Å². The fourth-order valence-corrected chi connectivity index (χ4v) is 1.53. The highest BCUT2D eigenvalue weighted by molar-refractivity contribution is 9.10.